The molecule has 1 aromatic rings. The first-order valence-electron chi connectivity index (χ1n) is 5.56. The second-order valence-corrected chi connectivity index (χ2v) is 4.80. The van der Waals surface area contributed by atoms with E-state index in [0.717, 1.165) is 17.1 Å². The molecule has 17 heavy (non-hydrogen) atoms. The van der Waals surface area contributed by atoms with Crippen molar-refractivity contribution in [1.82, 2.24) is 10.3 Å². The van der Waals surface area contributed by atoms with Gasteiger partial charge in [0, 0.05) is 13.2 Å². The van der Waals surface area contributed by atoms with Crippen LogP contribution in [0.4, 0.5) is 0 Å². The van der Waals surface area contributed by atoms with Gasteiger partial charge in [0.25, 0.3) is 5.91 Å². The number of hydrogen-bond donors (Lipinski definition) is 2. The zero-order chi connectivity index (χ0) is 12.7. The molecule has 1 aromatic heterocycles. The Hall–Kier alpha value is -0.980. The number of nitrogens with one attached hydrogen (secondary N) is 1. The van der Waals surface area contributed by atoms with Crippen molar-refractivity contribution in [2.75, 3.05) is 26.4 Å². The lowest BCUT2D eigenvalue weighted by molar-refractivity contribution is 0.0869. The van der Waals surface area contributed by atoms with Crippen LogP contribution in [0.1, 0.15) is 26.8 Å². The maximum atomic E-state index is 11.7. The molecule has 6 heteroatoms. The van der Waals surface area contributed by atoms with E-state index in [1.807, 2.05) is 13.8 Å². The summed E-state index contributed by atoms with van der Waals surface area (Å²) in [5, 5.41) is 12.2. The minimum Gasteiger partial charge on any atom is -0.394 e. The van der Waals surface area contributed by atoms with Gasteiger partial charge in [0.05, 0.1) is 23.9 Å². The van der Waals surface area contributed by atoms with Crippen molar-refractivity contribution < 1.29 is 14.6 Å². The molecule has 0 aromatic carbocycles. The number of aliphatic hydroxyl groups is 1. The summed E-state index contributed by atoms with van der Waals surface area (Å²) in [6, 6.07) is 0. The molecule has 0 spiro atoms. The lowest BCUT2D eigenvalue weighted by Gasteiger charge is -2.04. The Kier molecular flexibility index (Phi) is 6.10. The maximum Gasteiger partial charge on any atom is 0.263 e. The fourth-order valence-electron chi connectivity index (χ4n) is 1.37. The number of aliphatic hydroxyl groups excluding tert-OH is 1. The average Bonchev–Trinajstić information content (AvgIpc) is 2.62. The maximum absolute atomic E-state index is 11.7. The number of carbonyl (C=O) groups excluding carboxylic acids is 1. The van der Waals surface area contributed by atoms with E-state index in [1.165, 1.54) is 11.3 Å². The Morgan fingerprint density at radius 3 is 2.82 bits per heavy atom. The summed E-state index contributed by atoms with van der Waals surface area (Å²) in [5.74, 6) is -0.0738. The Morgan fingerprint density at radius 1 is 1.47 bits per heavy atom. The van der Waals surface area contributed by atoms with E-state index >= 15 is 0 Å². The van der Waals surface area contributed by atoms with Crippen molar-refractivity contribution in [2.24, 2.45) is 0 Å². The van der Waals surface area contributed by atoms with Crippen molar-refractivity contribution in [2.45, 2.75) is 20.3 Å². The molecule has 2 N–H and O–H groups in total. The number of nitrogens with zero attached hydrogens (tertiary/aromatic N) is 1. The second kappa shape index (κ2) is 7.37. The molecule has 0 aliphatic heterocycles. The normalized spacial score (nSPS) is 10.5. The van der Waals surface area contributed by atoms with Crippen LogP contribution in [0.15, 0.2) is 0 Å². The minimum absolute atomic E-state index is 0.0334. The van der Waals surface area contributed by atoms with Crippen LogP contribution in [0.2, 0.25) is 0 Å². The SMILES string of the molecule is Cc1nc(C)c(C(=O)NCCCOCCO)s1. The highest BCUT2D eigenvalue weighted by atomic mass is 32.1. The van der Waals surface area contributed by atoms with Gasteiger partial charge in [-0.1, -0.05) is 0 Å². The van der Waals surface area contributed by atoms with Crippen molar-refractivity contribution in [1.29, 1.82) is 0 Å². The lowest BCUT2D eigenvalue weighted by Crippen LogP contribution is -2.25. The van der Waals surface area contributed by atoms with Gasteiger partial charge in [-0.25, -0.2) is 4.98 Å². The molecule has 0 bridgehead atoms. The van der Waals surface area contributed by atoms with Crippen molar-refractivity contribution in [3.63, 3.8) is 0 Å². The molecule has 0 aliphatic carbocycles. The predicted molar refractivity (Wildman–Crippen MR) is 66.4 cm³/mol. The molecule has 0 unspecified atom stereocenters. The summed E-state index contributed by atoms with van der Waals surface area (Å²) in [5.41, 5.74) is 0.779. The van der Waals surface area contributed by atoms with Crippen LogP contribution < -0.4 is 5.32 Å². The van der Waals surface area contributed by atoms with Gasteiger partial charge in [-0.2, -0.15) is 0 Å². The van der Waals surface area contributed by atoms with Crippen molar-refractivity contribution in [3.05, 3.63) is 15.6 Å². The molecule has 0 aliphatic rings. The quantitative estimate of drug-likeness (QED) is 0.712. The zero-order valence-electron chi connectivity index (χ0n) is 10.2. The Labute approximate surface area is 105 Å². The van der Waals surface area contributed by atoms with Crippen LogP contribution in [0.3, 0.4) is 0 Å². The molecule has 1 amide bonds. The first-order valence-corrected chi connectivity index (χ1v) is 6.37. The van der Waals surface area contributed by atoms with Gasteiger partial charge in [-0.3, -0.25) is 4.79 Å². The number of aromatic nitrogens is 1. The van der Waals surface area contributed by atoms with Gasteiger partial charge in [-0.15, -0.1) is 11.3 Å². The molecule has 0 saturated carbocycles. The summed E-state index contributed by atoms with van der Waals surface area (Å²) >= 11 is 1.41. The van der Waals surface area contributed by atoms with Crippen LogP contribution in [0, 0.1) is 13.8 Å². The third-order valence-corrected chi connectivity index (χ3v) is 3.17. The van der Waals surface area contributed by atoms with Gasteiger partial charge in [-0.05, 0) is 20.3 Å². The number of amides is 1. The highest BCUT2D eigenvalue weighted by molar-refractivity contribution is 7.13. The lowest BCUT2D eigenvalue weighted by atomic mass is 10.3. The fourth-order valence-corrected chi connectivity index (χ4v) is 2.20. The second-order valence-electron chi connectivity index (χ2n) is 3.59. The van der Waals surface area contributed by atoms with E-state index in [4.69, 9.17) is 9.84 Å². The molecule has 0 atom stereocenters. The molecule has 0 saturated heterocycles. The van der Waals surface area contributed by atoms with Gasteiger partial charge in [0.1, 0.15) is 4.88 Å². The Bertz CT molecular complexity index is 366. The molecule has 5 nitrogen and oxygen atoms in total. The largest absolute Gasteiger partial charge is 0.394 e. The number of hydrogen-bond acceptors (Lipinski definition) is 5. The average molecular weight is 258 g/mol. The molecule has 96 valence electrons. The molecular formula is C11H18N2O3S. The third kappa shape index (κ3) is 4.80. The highest BCUT2D eigenvalue weighted by Gasteiger charge is 2.12. The smallest absolute Gasteiger partial charge is 0.263 e. The van der Waals surface area contributed by atoms with E-state index in [2.05, 4.69) is 10.3 Å². The Morgan fingerprint density at radius 2 is 2.24 bits per heavy atom. The summed E-state index contributed by atoms with van der Waals surface area (Å²) in [4.78, 5) is 16.6. The van der Waals surface area contributed by atoms with Crippen molar-refractivity contribution in [3.8, 4) is 0 Å². The number of aryl methyl sites for hydroxylation is 2. The van der Waals surface area contributed by atoms with Crippen LogP contribution in [0.5, 0.6) is 0 Å². The predicted octanol–water partition coefficient (Wildman–Crippen LogP) is 0.889. The first kappa shape index (κ1) is 14.1. The first-order chi connectivity index (χ1) is 8.15. The third-order valence-electron chi connectivity index (χ3n) is 2.10. The van der Waals surface area contributed by atoms with Crippen molar-refractivity contribution >= 4 is 17.2 Å². The summed E-state index contributed by atoms with van der Waals surface area (Å²) in [6.45, 7) is 5.22. The van der Waals surface area contributed by atoms with E-state index < -0.39 is 0 Å². The summed E-state index contributed by atoms with van der Waals surface area (Å²) in [6.07, 6.45) is 0.739. The van der Waals surface area contributed by atoms with Crippen LogP contribution in [-0.2, 0) is 4.74 Å². The molecule has 0 radical (unpaired) electrons. The zero-order valence-corrected chi connectivity index (χ0v) is 11.0. The highest BCUT2D eigenvalue weighted by Crippen LogP contribution is 2.16. The van der Waals surface area contributed by atoms with Gasteiger partial charge >= 0.3 is 0 Å². The van der Waals surface area contributed by atoms with E-state index in [0.29, 0.717) is 24.6 Å². The van der Waals surface area contributed by atoms with Crippen LogP contribution in [0.25, 0.3) is 0 Å². The van der Waals surface area contributed by atoms with E-state index in [-0.39, 0.29) is 12.5 Å². The van der Waals surface area contributed by atoms with Gasteiger partial charge < -0.3 is 15.2 Å². The standard InChI is InChI=1S/C11H18N2O3S/c1-8-10(17-9(2)13-8)11(15)12-4-3-6-16-7-5-14/h14H,3-7H2,1-2H3,(H,12,15). The van der Waals surface area contributed by atoms with Gasteiger partial charge in [0.15, 0.2) is 0 Å². The van der Waals surface area contributed by atoms with Crippen LogP contribution in [-0.4, -0.2) is 42.4 Å². The number of rotatable bonds is 7. The molecular weight excluding hydrogens is 240 g/mol. The number of thiazole rings is 1. The van der Waals surface area contributed by atoms with Gasteiger partial charge in [0.2, 0.25) is 0 Å². The number of ether oxygens (including phenoxy) is 1. The number of carbonyl (C=O) groups is 1. The topological polar surface area (TPSA) is 71.5 Å². The molecule has 1 rings (SSSR count). The Balaban J connectivity index is 2.23. The van der Waals surface area contributed by atoms with Crippen LogP contribution >= 0.6 is 11.3 Å². The molecule has 0 fully saturated rings. The monoisotopic (exact) mass is 258 g/mol. The van der Waals surface area contributed by atoms with E-state index in [1.54, 1.807) is 0 Å². The summed E-state index contributed by atoms with van der Waals surface area (Å²) < 4.78 is 5.09. The summed E-state index contributed by atoms with van der Waals surface area (Å²) in [7, 11) is 0. The van der Waals surface area contributed by atoms with E-state index in [9.17, 15) is 4.79 Å². The fraction of sp³-hybridized carbons (Fsp3) is 0.636. The molecule has 1 heterocycles. The minimum atomic E-state index is -0.0738.